The molecule has 1 fully saturated rings. The number of piperazine rings is 1. The third-order valence-electron chi connectivity index (χ3n) is 5.22. The van der Waals surface area contributed by atoms with E-state index in [1.54, 1.807) is 19.1 Å². The normalized spacial score (nSPS) is 14.9. The van der Waals surface area contributed by atoms with Crippen molar-refractivity contribution in [1.29, 1.82) is 0 Å². The van der Waals surface area contributed by atoms with E-state index < -0.39 is 10.0 Å². The van der Waals surface area contributed by atoms with Crippen LogP contribution in [0.5, 0.6) is 5.75 Å². The molecule has 0 amide bonds. The van der Waals surface area contributed by atoms with Crippen molar-refractivity contribution in [3.8, 4) is 5.75 Å². The Balaban J connectivity index is 1.36. The predicted molar refractivity (Wildman–Crippen MR) is 122 cm³/mol. The molecule has 2 heterocycles. The third kappa shape index (κ3) is 5.55. The van der Waals surface area contributed by atoms with Crippen molar-refractivity contribution in [3.05, 3.63) is 65.7 Å². The van der Waals surface area contributed by atoms with E-state index in [1.165, 1.54) is 52.2 Å². The van der Waals surface area contributed by atoms with Gasteiger partial charge in [0.25, 0.3) is 0 Å². The van der Waals surface area contributed by atoms with E-state index >= 15 is 0 Å². The van der Waals surface area contributed by atoms with E-state index in [0.29, 0.717) is 44.2 Å². The molecule has 33 heavy (non-hydrogen) atoms. The second-order valence-corrected chi connectivity index (χ2v) is 10.2. The molecule has 0 aliphatic carbocycles. The molecule has 3 aromatic rings. The van der Waals surface area contributed by atoms with Gasteiger partial charge in [-0.25, -0.2) is 17.8 Å². The molecule has 0 N–H and O–H groups in total. The maximum absolute atomic E-state index is 13.1. The minimum Gasteiger partial charge on any atom is -0.427 e. The molecule has 1 saturated heterocycles. The summed E-state index contributed by atoms with van der Waals surface area (Å²) in [6.45, 7) is 3.33. The van der Waals surface area contributed by atoms with Crippen LogP contribution in [0.4, 0.5) is 9.52 Å². The highest BCUT2D eigenvalue weighted by Gasteiger charge is 2.29. The summed E-state index contributed by atoms with van der Waals surface area (Å²) >= 11 is 1.27. The van der Waals surface area contributed by atoms with Crippen molar-refractivity contribution in [2.75, 3.05) is 31.1 Å². The van der Waals surface area contributed by atoms with Crippen molar-refractivity contribution >= 4 is 32.7 Å². The molecule has 4 rings (SSSR count). The van der Waals surface area contributed by atoms with Crippen LogP contribution in [0.15, 0.2) is 53.4 Å². The van der Waals surface area contributed by atoms with Crippen LogP contribution in [0.2, 0.25) is 0 Å². The van der Waals surface area contributed by atoms with E-state index in [1.807, 2.05) is 4.90 Å². The molecule has 0 saturated carbocycles. The molecule has 1 aliphatic rings. The molecule has 0 atom stereocenters. The molecule has 1 aromatic heterocycles. The number of benzene rings is 2. The molecular formula is C22H23FN4O4S2. The molecule has 2 aromatic carbocycles. The van der Waals surface area contributed by atoms with Crippen LogP contribution in [-0.4, -0.2) is 54.2 Å². The number of carbonyl (C=O) groups is 1. The van der Waals surface area contributed by atoms with Crippen LogP contribution in [-0.2, 0) is 21.2 Å². The highest BCUT2D eigenvalue weighted by Crippen LogP contribution is 2.24. The Labute approximate surface area is 195 Å². The van der Waals surface area contributed by atoms with Crippen LogP contribution in [0, 0.1) is 5.82 Å². The standard InChI is InChI=1S/C22H23FN4O4S2/c1-2-21(28)31-18-7-9-19(10-8-18)33(29,30)27-13-11-26(12-14-27)22-24-20(25-32-22)15-16-3-5-17(23)6-4-16/h3-10H,2,11-15H2,1H3. The number of rotatable bonds is 7. The first-order valence-electron chi connectivity index (χ1n) is 10.5. The van der Waals surface area contributed by atoms with Crippen molar-refractivity contribution in [2.24, 2.45) is 0 Å². The number of anilines is 1. The van der Waals surface area contributed by atoms with E-state index in [-0.39, 0.29) is 23.1 Å². The molecule has 11 heteroatoms. The van der Waals surface area contributed by atoms with Crippen molar-refractivity contribution in [2.45, 2.75) is 24.7 Å². The van der Waals surface area contributed by atoms with Crippen molar-refractivity contribution < 1.29 is 22.3 Å². The first-order valence-corrected chi connectivity index (χ1v) is 12.7. The molecule has 0 spiro atoms. The molecule has 0 bridgehead atoms. The maximum atomic E-state index is 13.1. The SMILES string of the molecule is CCC(=O)Oc1ccc(S(=O)(=O)N2CCN(c3nc(Cc4ccc(F)cc4)ns3)CC2)cc1. The average molecular weight is 491 g/mol. The number of hydrogen-bond acceptors (Lipinski definition) is 8. The lowest BCUT2D eigenvalue weighted by Crippen LogP contribution is -2.48. The summed E-state index contributed by atoms with van der Waals surface area (Å²) < 4.78 is 50.0. The Morgan fingerprint density at radius 1 is 1.06 bits per heavy atom. The van der Waals surface area contributed by atoms with Gasteiger partial charge in [0.1, 0.15) is 17.4 Å². The first kappa shape index (κ1) is 23.3. The lowest BCUT2D eigenvalue weighted by Gasteiger charge is -2.33. The zero-order valence-electron chi connectivity index (χ0n) is 18.0. The third-order valence-corrected chi connectivity index (χ3v) is 7.95. The lowest BCUT2D eigenvalue weighted by atomic mass is 10.1. The zero-order valence-corrected chi connectivity index (χ0v) is 19.6. The van der Waals surface area contributed by atoms with E-state index in [2.05, 4.69) is 9.36 Å². The Morgan fingerprint density at radius 3 is 2.36 bits per heavy atom. The van der Waals surface area contributed by atoms with Gasteiger partial charge in [-0.05, 0) is 42.0 Å². The molecular weight excluding hydrogens is 467 g/mol. The molecule has 8 nitrogen and oxygen atoms in total. The first-order chi connectivity index (χ1) is 15.8. The van der Waals surface area contributed by atoms with Crippen LogP contribution in [0.25, 0.3) is 0 Å². The van der Waals surface area contributed by atoms with Gasteiger partial charge in [-0.3, -0.25) is 4.79 Å². The highest BCUT2D eigenvalue weighted by atomic mass is 32.2. The van der Waals surface area contributed by atoms with Crippen LogP contribution in [0.1, 0.15) is 24.7 Å². The number of halogens is 1. The Morgan fingerprint density at radius 2 is 1.73 bits per heavy atom. The summed E-state index contributed by atoms with van der Waals surface area (Å²) in [6.07, 6.45) is 0.751. The summed E-state index contributed by atoms with van der Waals surface area (Å²) in [7, 11) is -3.65. The van der Waals surface area contributed by atoms with Crippen LogP contribution in [0.3, 0.4) is 0 Å². The number of carbonyl (C=O) groups excluding carboxylic acids is 1. The fourth-order valence-electron chi connectivity index (χ4n) is 3.38. The predicted octanol–water partition coefficient (Wildman–Crippen LogP) is 3.09. The Kier molecular flexibility index (Phi) is 7.01. The van der Waals surface area contributed by atoms with Gasteiger partial charge in [0, 0.05) is 50.6 Å². The number of hydrogen-bond donors (Lipinski definition) is 0. The number of sulfonamides is 1. The van der Waals surface area contributed by atoms with Gasteiger partial charge in [-0.2, -0.15) is 8.68 Å². The summed E-state index contributed by atoms with van der Waals surface area (Å²) in [5.74, 6) is 0.312. The minimum atomic E-state index is -3.65. The van der Waals surface area contributed by atoms with Gasteiger partial charge in [0.2, 0.25) is 15.2 Å². The monoisotopic (exact) mass is 490 g/mol. The number of ether oxygens (including phenoxy) is 1. The van der Waals surface area contributed by atoms with E-state index in [4.69, 9.17) is 4.74 Å². The summed E-state index contributed by atoms with van der Waals surface area (Å²) in [5, 5.41) is 0.742. The van der Waals surface area contributed by atoms with E-state index in [0.717, 1.165) is 10.7 Å². The molecule has 174 valence electrons. The van der Waals surface area contributed by atoms with Gasteiger partial charge in [0.15, 0.2) is 0 Å². The van der Waals surface area contributed by atoms with Gasteiger partial charge in [0.05, 0.1) is 4.90 Å². The number of nitrogens with zero attached hydrogens (tertiary/aromatic N) is 4. The zero-order chi connectivity index (χ0) is 23.4. The van der Waals surface area contributed by atoms with Gasteiger partial charge >= 0.3 is 5.97 Å². The number of aromatic nitrogens is 2. The summed E-state index contributed by atoms with van der Waals surface area (Å²) in [5.41, 5.74) is 0.923. The Bertz CT molecular complexity index is 1210. The van der Waals surface area contributed by atoms with Gasteiger partial charge in [-0.15, -0.1) is 0 Å². The van der Waals surface area contributed by atoms with Crippen LogP contribution < -0.4 is 9.64 Å². The minimum absolute atomic E-state index is 0.157. The average Bonchev–Trinajstić information content (AvgIpc) is 3.29. The molecule has 0 radical (unpaired) electrons. The van der Waals surface area contributed by atoms with E-state index in [9.17, 15) is 17.6 Å². The summed E-state index contributed by atoms with van der Waals surface area (Å²) in [4.78, 5) is 18.1. The topological polar surface area (TPSA) is 92.7 Å². The molecule has 0 unspecified atom stereocenters. The van der Waals surface area contributed by atoms with Crippen LogP contribution >= 0.6 is 11.5 Å². The Hall–Kier alpha value is -2.89. The van der Waals surface area contributed by atoms with Gasteiger partial charge in [-0.1, -0.05) is 19.1 Å². The largest absolute Gasteiger partial charge is 0.427 e. The smallest absolute Gasteiger partial charge is 0.310 e. The second kappa shape index (κ2) is 9.94. The fraction of sp³-hybridized carbons (Fsp3) is 0.318. The van der Waals surface area contributed by atoms with Gasteiger partial charge < -0.3 is 9.64 Å². The maximum Gasteiger partial charge on any atom is 0.310 e. The van der Waals surface area contributed by atoms with Crippen molar-refractivity contribution in [3.63, 3.8) is 0 Å². The number of esters is 1. The quantitative estimate of drug-likeness (QED) is 0.371. The second-order valence-electron chi connectivity index (χ2n) is 7.49. The summed E-state index contributed by atoms with van der Waals surface area (Å²) in [6, 6.07) is 12.1. The fourth-order valence-corrected chi connectivity index (χ4v) is 5.54. The highest BCUT2D eigenvalue weighted by molar-refractivity contribution is 7.89. The lowest BCUT2D eigenvalue weighted by molar-refractivity contribution is -0.134. The molecule has 1 aliphatic heterocycles. The van der Waals surface area contributed by atoms with Crippen molar-refractivity contribution in [1.82, 2.24) is 13.7 Å².